The molecule has 2 aromatic rings. The van der Waals surface area contributed by atoms with Gasteiger partial charge in [-0.1, -0.05) is 17.7 Å². The Morgan fingerprint density at radius 1 is 1.52 bits per heavy atom. The number of carbonyl (C=O) groups is 1. The van der Waals surface area contributed by atoms with Crippen molar-refractivity contribution in [1.29, 1.82) is 0 Å². The molecule has 3 rings (SSSR count). The molecule has 1 aromatic heterocycles. The van der Waals surface area contributed by atoms with Gasteiger partial charge in [-0.25, -0.2) is 9.37 Å². The van der Waals surface area contributed by atoms with Gasteiger partial charge in [-0.2, -0.15) is 0 Å². The Hall–Kier alpha value is -1.88. The number of nitrogens with zero attached hydrogens (tertiary/aromatic N) is 2. The summed E-state index contributed by atoms with van der Waals surface area (Å²) in [5.74, 6) is 0.604. The predicted octanol–water partition coefficient (Wildman–Crippen LogP) is 3.46. The second kappa shape index (κ2) is 6.71. The summed E-state index contributed by atoms with van der Waals surface area (Å²) in [4.78, 5) is 21.9. The van der Waals surface area contributed by atoms with E-state index in [0.29, 0.717) is 18.1 Å². The van der Waals surface area contributed by atoms with E-state index in [2.05, 4.69) is 9.97 Å². The molecule has 0 aliphatic carbocycles. The molecule has 6 heteroatoms. The second-order valence-corrected chi connectivity index (χ2v) is 6.41. The number of nitrogens with one attached hydrogen (secondary N) is 1. The zero-order valence-corrected chi connectivity index (χ0v) is 13.7. The van der Waals surface area contributed by atoms with E-state index in [9.17, 15) is 9.18 Å². The van der Waals surface area contributed by atoms with Crippen LogP contribution in [0.15, 0.2) is 24.4 Å². The topological polar surface area (TPSA) is 49.0 Å². The highest BCUT2D eigenvalue weighted by atomic mass is 35.5. The number of rotatable bonds is 3. The maximum absolute atomic E-state index is 13.9. The zero-order valence-electron chi connectivity index (χ0n) is 13.0. The molecule has 1 amide bonds. The third-order valence-electron chi connectivity index (χ3n) is 4.27. The van der Waals surface area contributed by atoms with E-state index in [1.165, 1.54) is 6.07 Å². The van der Waals surface area contributed by atoms with Crippen molar-refractivity contribution in [1.82, 2.24) is 14.9 Å². The number of benzene rings is 1. The van der Waals surface area contributed by atoms with Crippen molar-refractivity contribution in [3.63, 3.8) is 0 Å². The van der Waals surface area contributed by atoms with Gasteiger partial charge in [0.25, 0.3) is 0 Å². The van der Waals surface area contributed by atoms with Crippen LogP contribution < -0.4 is 0 Å². The lowest BCUT2D eigenvalue weighted by Crippen LogP contribution is -2.40. The molecule has 1 aliphatic heterocycles. The Balaban J connectivity index is 1.70. The third-order valence-corrected chi connectivity index (χ3v) is 4.63. The van der Waals surface area contributed by atoms with Gasteiger partial charge in [0, 0.05) is 41.5 Å². The van der Waals surface area contributed by atoms with E-state index >= 15 is 0 Å². The minimum absolute atomic E-state index is 0.00455. The van der Waals surface area contributed by atoms with Gasteiger partial charge in [-0.15, -0.1) is 0 Å². The van der Waals surface area contributed by atoms with E-state index in [1.54, 1.807) is 23.2 Å². The quantitative estimate of drug-likeness (QED) is 0.933. The Kier molecular flexibility index (Phi) is 4.66. The van der Waals surface area contributed by atoms with Crippen LogP contribution >= 0.6 is 11.6 Å². The zero-order chi connectivity index (χ0) is 16.4. The smallest absolute Gasteiger partial charge is 0.227 e. The van der Waals surface area contributed by atoms with Gasteiger partial charge in [0.2, 0.25) is 5.91 Å². The number of aromatic amines is 1. The molecule has 0 bridgehead atoms. The minimum Gasteiger partial charge on any atom is -0.346 e. The molecular weight excluding hydrogens is 317 g/mol. The number of hydrogen-bond acceptors (Lipinski definition) is 2. The first-order valence-corrected chi connectivity index (χ1v) is 8.14. The highest BCUT2D eigenvalue weighted by molar-refractivity contribution is 6.31. The van der Waals surface area contributed by atoms with Gasteiger partial charge in [-0.3, -0.25) is 4.79 Å². The van der Waals surface area contributed by atoms with Crippen LogP contribution in [0.5, 0.6) is 0 Å². The monoisotopic (exact) mass is 335 g/mol. The van der Waals surface area contributed by atoms with Crippen molar-refractivity contribution >= 4 is 17.5 Å². The Morgan fingerprint density at radius 2 is 2.35 bits per heavy atom. The third kappa shape index (κ3) is 3.55. The van der Waals surface area contributed by atoms with Crippen molar-refractivity contribution in [2.45, 2.75) is 32.1 Å². The van der Waals surface area contributed by atoms with E-state index in [4.69, 9.17) is 11.6 Å². The van der Waals surface area contributed by atoms with Crippen molar-refractivity contribution in [3.8, 4) is 0 Å². The summed E-state index contributed by atoms with van der Waals surface area (Å²) in [5.41, 5.74) is 1.29. The molecule has 0 radical (unpaired) electrons. The normalized spacial score (nSPS) is 18.2. The number of hydrogen-bond donors (Lipinski definition) is 1. The lowest BCUT2D eigenvalue weighted by atomic mass is 9.96. The summed E-state index contributed by atoms with van der Waals surface area (Å²) >= 11 is 6.01. The summed E-state index contributed by atoms with van der Waals surface area (Å²) in [7, 11) is 0. The number of piperidine rings is 1. The highest BCUT2D eigenvalue weighted by Gasteiger charge is 2.27. The summed E-state index contributed by atoms with van der Waals surface area (Å²) in [6, 6.07) is 4.48. The molecule has 1 aliphatic rings. The lowest BCUT2D eigenvalue weighted by Gasteiger charge is -2.32. The van der Waals surface area contributed by atoms with Crippen LogP contribution in [-0.4, -0.2) is 33.9 Å². The average Bonchev–Trinajstić information content (AvgIpc) is 2.97. The van der Waals surface area contributed by atoms with E-state index in [0.717, 1.165) is 24.4 Å². The van der Waals surface area contributed by atoms with Gasteiger partial charge >= 0.3 is 0 Å². The number of H-pyrrole nitrogens is 1. The first kappa shape index (κ1) is 16.0. The molecule has 0 saturated carbocycles. The summed E-state index contributed by atoms with van der Waals surface area (Å²) in [5, 5.41) is 0.300. The SMILES string of the molecule is Cc1cnc([C@@H]2CCCN(C(=O)Cc3c(F)cccc3Cl)C2)[nH]1. The number of aromatic nitrogens is 2. The van der Waals surface area contributed by atoms with Crippen LogP contribution in [0, 0.1) is 12.7 Å². The van der Waals surface area contributed by atoms with Crippen molar-refractivity contribution in [2.24, 2.45) is 0 Å². The molecule has 1 fully saturated rings. The van der Waals surface area contributed by atoms with Crippen LogP contribution in [0.3, 0.4) is 0 Å². The largest absolute Gasteiger partial charge is 0.346 e. The van der Waals surface area contributed by atoms with E-state index in [-0.39, 0.29) is 23.8 Å². The molecule has 1 atom stereocenters. The number of aryl methyl sites for hydroxylation is 1. The molecule has 122 valence electrons. The number of amides is 1. The molecule has 1 aromatic carbocycles. The first-order valence-electron chi connectivity index (χ1n) is 7.76. The van der Waals surface area contributed by atoms with Crippen LogP contribution in [0.25, 0.3) is 0 Å². The Bertz CT molecular complexity index is 695. The van der Waals surface area contributed by atoms with Crippen LogP contribution in [0.4, 0.5) is 4.39 Å². The van der Waals surface area contributed by atoms with Crippen LogP contribution in [-0.2, 0) is 11.2 Å². The molecule has 1 saturated heterocycles. The first-order chi connectivity index (χ1) is 11.0. The fourth-order valence-corrected chi connectivity index (χ4v) is 3.26. The average molecular weight is 336 g/mol. The van der Waals surface area contributed by atoms with Gasteiger partial charge in [-0.05, 0) is 31.9 Å². The Labute approximate surface area is 139 Å². The van der Waals surface area contributed by atoms with E-state index in [1.807, 2.05) is 6.92 Å². The van der Waals surface area contributed by atoms with Crippen molar-refractivity contribution < 1.29 is 9.18 Å². The standard InChI is InChI=1S/C17H19ClFN3O/c1-11-9-20-17(21-11)12-4-3-7-22(10-12)16(23)8-13-14(18)5-2-6-15(13)19/h2,5-6,9,12H,3-4,7-8,10H2,1H3,(H,20,21)/t12-/m1/s1. The summed E-state index contributed by atoms with van der Waals surface area (Å²) < 4.78 is 13.9. The second-order valence-electron chi connectivity index (χ2n) is 6.01. The van der Waals surface area contributed by atoms with Crippen LogP contribution in [0.1, 0.15) is 35.8 Å². The number of carbonyl (C=O) groups excluding carboxylic acids is 1. The molecule has 23 heavy (non-hydrogen) atoms. The van der Waals surface area contributed by atoms with E-state index < -0.39 is 5.82 Å². The fraction of sp³-hybridized carbons (Fsp3) is 0.412. The summed E-state index contributed by atoms with van der Waals surface area (Å²) in [6.07, 6.45) is 3.71. The maximum atomic E-state index is 13.9. The number of halogens is 2. The fourth-order valence-electron chi connectivity index (χ4n) is 3.03. The Morgan fingerprint density at radius 3 is 3.04 bits per heavy atom. The van der Waals surface area contributed by atoms with Crippen molar-refractivity contribution in [3.05, 3.63) is 52.3 Å². The predicted molar refractivity (Wildman–Crippen MR) is 87.0 cm³/mol. The molecular formula is C17H19ClFN3O. The van der Waals surface area contributed by atoms with Gasteiger partial charge in [0.05, 0.1) is 6.42 Å². The minimum atomic E-state index is -0.430. The van der Waals surface area contributed by atoms with Gasteiger partial charge < -0.3 is 9.88 Å². The molecule has 4 nitrogen and oxygen atoms in total. The van der Waals surface area contributed by atoms with Gasteiger partial charge in [0.1, 0.15) is 11.6 Å². The number of likely N-dealkylation sites (tertiary alicyclic amines) is 1. The number of imidazole rings is 1. The van der Waals surface area contributed by atoms with Gasteiger partial charge in [0.15, 0.2) is 0 Å². The molecule has 2 heterocycles. The molecule has 0 spiro atoms. The van der Waals surface area contributed by atoms with Crippen molar-refractivity contribution in [2.75, 3.05) is 13.1 Å². The molecule has 0 unspecified atom stereocenters. The molecule has 1 N–H and O–H groups in total. The highest BCUT2D eigenvalue weighted by Crippen LogP contribution is 2.26. The maximum Gasteiger partial charge on any atom is 0.227 e. The van der Waals surface area contributed by atoms with Crippen LogP contribution in [0.2, 0.25) is 5.02 Å². The summed E-state index contributed by atoms with van der Waals surface area (Å²) in [6.45, 7) is 3.27. The lowest BCUT2D eigenvalue weighted by molar-refractivity contribution is -0.131.